The summed E-state index contributed by atoms with van der Waals surface area (Å²) in [7, 11) is 0. The Hall–Kier alpha value is -3.13. The van der Waals surface area contributed by atoms with Crippen LogP contribution < -0.4 is 0 Å². The Kier molecular flexibility index (Phi) is 4.67. The van der Waals surface area contributed by atoms with Gasteiger partial charge in [-0.15, -0.1) is 0 Å². The molecule has 21 heavy (non-hydrogen) atoms. The van der Waals surface area contributed by atoms with Gasteiger partial charge in [0.15, 0.2) is 6.61 Å². The number of nitrogens with zero attached hydrogens (tertiary/aromatic N) is 2. The van der Waals surface area contributed by atoms with Crippen molar-refractivity contribution in [1.29, 1.82) is 5.26 Å². The maximum Gasteiger partial charge on any atom is 0.318 e. The van der Waals surface area contributed by atoms with E-state index in [2.05, 4.69) is 0 Å². The molecule has 0 heterocycles. The lowest BCUT2D eigenvalue weighted by atomic mass is 10.1. The number of ether oxygens (including phenoxy) is 1. The largest absolute Gasteiger partial charge is 0.471 e. The highest BCUT2D eigenvalue weighted by Gasteiger charge is 2.23. The standard InChI is InChI=1S/C16H12N2O3/c17-11-12-21-16(14-9-5-2-6-10-14)15(18(19)20)13-7-3-1-4-8-13/h1-10H,12H2/b16-15+. The van der Waals surface area contributed by atoms with Crippen LogP contribution in [0.15, 0.2) is 60.7 Å². The zero-order valence-corrected chi connectivity index (χ0v) is 11.1. The molecule has 5 nitrogen and oxygen atoms in total. The van der Waals surface area contributed by atoms with Crippen LogP contribution in [0.5, 0.6) is 0 Å². The fourth-order valence-corrected chi connectivity index (χ4v) is 1.90. The van der Waals surface area contributed by atoms with Crippen molar-refractivity contribution in [3.8, 4) is 6.07 Å². The summed E-state index contributed by atoms with van der Waals surface area (Å²) in [6.45, 7) is -0.256. The van der Waals surface area contributed by atoms with E-state index in [1.807, 2.05) is 6.07 Å². The van der Waals surface area contributed by atoms with Crippen molar-refractivity contribution in [3.63, 3.8) is 0 Å². The molecule has 5 heteroatoms. The Bertz CT molecular complexity index is 688. The first kappa shape index (κ1) is 14.3. The van der Waals surface area contributed by atoms with E-state index in [0.717, 1.165) is 0 Å². The molecule has 0 spiro atoms. The van der Waals surface area contributed by atoms with Gasteiger partial charge < -0.3 is 4.74 Å². The molecule has 104 valence electrons. The minimum atomic E-state index is -0.491. The van der Waals surface area contributed by atoms with Crippen LogP contribution in [-0.4, -0.2) is 11.5 Å². The number of nitro groups is 1. The van der Waals surface area contributed by atoms with Gasteiger partial charge in [0.1, 0.15) is 6.07 Å². The van der Waals surface area contributed by atoms with E-state index in [1.54, 1.807) is 60.7 Å². The van der Waals surface area contributed by atoms with Crippen LogP contribution in [0.25, 0.3) is 11.5 Å². The molecule has 0 atom stereocenters. The van der Waals surface area contributed by atoms with Gasteiger partial charge in [0.25, 0.3) is 0 Å². The molecule has 0 aliphatic heterocycles. The van der Waals surface area contributed by atoms with Gasteiger partial charge in [-0.3, -0.25) is 10.1 Å². The summed E-state index contributed by atoms with van der Waals surface area (Å²) in [6.07, 6.45) is 0. The van der Waals surface area contributed by atoms with Gasteiger partial charge in [0.05, 0.1) is 10.5 Å². The highest BCUT2D eigenvalue weighted by atomic mass is 16.6. The predicted octanol–water partition coefficient (Wildman–Crippen LogP) is 3.33. The summed E-state index contributed by atoms with van der Waals surface area (Å²) in [6, 6.07) is 19.0. The van der Waals surface area contributed by atoms with Gasteiger partial charge in [-0.1, -0.05) is 48.5 Å². The minimum absolute atomic E-state index is 0.0911. The molecule has 0 radical (unpaired) electrons. The highest BCUT2D eigenvalue weighted by molar-refractivity contribution is 5.83. The molecule has 0 aliphatic carbocycles. The molecular formula is C16H12N2O3. The topological polar surface area (TPSA) is 76.2 Å². The van der Waals surface area contributed by atoms with Crippen LogP contribution in [0.1, 0.15) is 11.1 Å². The molecule has 0 amide bonds. The number of hydrogen-bond donors (Lipinski definition) is 0. The van der Waals surface area contributed by atoms with Crippen molar-refractivity contribution in [2.45, 2.75) is 0 Å². The second-order valence-corrected chi connectivity index (χ2v) is 4.11. The molecule has 0 aliphatic rings. The lowest BCUT2D eigenvalue weighted by Crippen LogP contribution is -2.05. The van der Waals surface area contributed by atoms with Crippen molar-refractivity contribution in [1.82, 2.24) is 0 Å². The summed E-state index contributed by atoms with van der Waals surface area (Å²) in [5, 5.41) is 20.1. The number of nitriles is 1. The van der Waals surface area contributed by atoms with Gasteiger partial charge in [0.2, 0.25) is 5.76 Å². The van der Waals surface area contributed by atoms with Gasteiger partial charge in [-0.2, -0.15) is 5.26 Å². The smallest absolute Gasteiger partial charge is 0.318 e. The fraction of sp³-hybridized carbons (Fsp3) is 0.0625. The third kappa shape index (κ3) is 3.45. The molecule has 2 aromatic rings. The van der Waals surface area contributed by atoms with Crippen molar-refractivity contribution in [3.05, 3.63) is 81.9 Å². The molecule has 0 N–H and O–H groups in total. The monoisotopic (exact) mass is 280 g/mol. The molecular weight excluding hydrogens is 268 g/mol. The van der Waals surface area contributed by atoms with Crippen LogP contribution in [-0.2, 0) is 4.74 Å². The molecule has 0 saturated heterocycles. The van der Waals surface area contributed by atoms with E-state index in [1.165, 1.54) is 0 Å². The Morgan fingerprint density at radius 1 is 1.05 bits per heavy atom. The summed E-state index contributed by atoms with van der Waals surface area (Å²) >= 11 is 0. The molecule has 2 rings (SSSR count). The van der Waals surface area contributed by atoms with Crippen molar-refractivity contribution >= 4 is 11.5 Å². The van der Waals surface area contributed by atoms with Crippen molar-refractivity contribution < 1.29 is 9.66 Å². The van der Waals surface area contributed by atoms with Crippen molar-refractivity contribution in [2.75, 3.05) is 6.61 Å². The van der Waals surface area contributed by atoms with Gasteiger partial charge in [-0.25, -0.2) is 0 Å². The zero-order chi connectivity index (χ0) is 15.1. The quantitative estimate of drug-likeness (QED) is 0.364. The maximum absolute atomic E-state index is 11.5. The first-order valence-corrected chi connectivity index (χ1v) is 6.23. The van der Waals surface area contributed by atoms with E-state index in [-0.39, 0.29) is 18.1 Å². The number of benzene rings is 2. The van der Waals surface area contributed by atoms with Crippen LogP contribution >= 0.6 is 0 Å². The SMILES string of the molecule is N#CCO/C(=C(\c1ccccc1)[N+](=O)[O-])c1ccccc1. The van der Waals surface area contributed by atoms with Crippen LogP contribution in [0, 0.1) is 21.4 Å². The first-order valence-electron chi connectivity index (χ1n) is 6.23. The fourth-order valence-electron chi connectivity index (χ4n) is 1.90. The molecule has 0 fully saturated rings. The Balaban J connectivity index is 2.63. The third-order valence-corrected chi connectivity index (χ3v) is 2.76. The summed E-state index contributed by atoms with van der Waals surface area (Å²) in [5.74, 6) is 0.0911. The van der Waals surface area contributed by atoms with Crippen LogP contribution in [0.2, 0.25) is 0 Å². The predicted molar refractivity (Wildman–Crippen MR) is 78.3 cm³/mol. The average Bonchev–Trinajstić information content (AvgIpc) is 2.52. The second-order valence-electron chi connectivity index (χ2n) is 4.11. The molecule has 2 aromatic carbocycles. The van der Waals surface area contributed by atoms with Gasteiger partial charge in [-0.05, 0) is 12.1 Å². The zero-order valence-electron chi connectivity index (χ0n) is 11.1. The Labute approximate surface area is 121 Å². The van der Waals surface area contributed by atoms with Crippen molar-refractivity contribution in [2.24, 2.45) is 0 Å². The van der Waals surface area contributed by atoms with Crippen LogP contribution in [0.4, 0.5) is 0 Å². The highest BCUT2D eigenvalue weighted by Crippen LogP contribution is 2.27. The Morgan fingerprint density at radius 2 is 1.57 bits per heavy atom. The molecule has 0 saturated carbocycles. The van der Waals surface area contributed by atoms with E-state index < -0.39 is 4.92 Å². The van der Waals surface area contributed by atoms with E-state index in [9.17, 15) is 10.1 Å². The summed E-state index contributed by atoms with van der Waals surface area (Å²) in [5.41, 5.74) is 0.833. The molecule has 0 aromatic heterocycles. The summed E-state index contributed by atoms with van der Waals surface area (Å²) in [4.78, 5) is 11.0. The Morgan fingerprint density at radius 3 is 2.05 bits per heavy atom. The molecule has 0 unspecified atom stereocenters. The minimum Gasteiger partial charge on any atom is -0.471 e. The second kappa shape index (κ2) is 6.87. The normalized spacial score (nSPS) is 11.2. The third-order valence-electron chi connectivity index (χ3n) is 2.76. The molecule has 0 bridgehead atoms. The first-order chi connectivity index (χ1) is 10.2. The van der Waals surface area contributed by atoms with Gasteiger partial charge >= 0.3 is 5.70 Å². The van der Waals surface area contributed by atoms with E-state index >= 15 is 0 Å². The average molecular weight is 280 g/mol. The summed E-state index contributed by atoms with van der Waals surface area (Å²) < 4.78 is 5.33. The van der Waals surface area contributed by atoms with Crippen LogP contribution in [0.3, 0.4) is 0 Å². The number of rotatable bonds is 5. The van der Waals surface area contributed by atoms with E-state index in [4.69, 9.17) is 10.00 Å². The van der Waals surface area contributed by atoms with E-state index in [0.29, 0.717) is 11.1 Å². The lowest BCUT2D eigenvalue weighted by molar-refractivity contribution is -0.375. The lowest BCUT2D eigenvalue weighted by Gasteiger charge is -2.09. The maximum atomic E-state index is 11.5. The number of hydrogen-bond acceptors (Lipinski definition) is 4. The van der Waals surface area contributed by atoms with Gasteiger partial charge in [0, 0.05) is 5.56 Å².